The minimum atomic E-state index is -0.100. The Balaban J connectivity index is 1.84. The molecule has 1 aliphatic heterocycles. The van der Waals surface area contributed by atoms with Crippen LogP contribution < -0.4 is 0 Å². The highest BCUT2D eigenvalue weighted by Gasteiger charge is 2.41. The first kappa shape index (κ1) is 15.3. The average Bonchev–Trinajstić information content (AvgIpc) is 2.57. The van der Waals surface area contributed by atoms with Crippen molar-refractivity contribution in [3.8, 4) is 0 Å². The van der Waals surface area contributed by atoms with Crippen molar-refractivity contribution in [3.63, 3.8) is 0 Å². The van der Waals surface area contributed by atoms with E-state index in [1.165, 1.54) is 45.2 Å². The molecule has 0 aromatic heterocycles. The van der Waals surface area contributed by atoms with Gasteiger partial charge in [0.2, 0.25) is 0 Å². The standard InChI is InChI=1S/C17H33NO/c1-13(2)14-6-5-10-18(11-8-14)12-15-7-9-17(3,4)16(15)19/h13-16,19H,5-12H2,1-4H3. The van der Waals surface area contributed by atoms with E-state index in [2.05, 4.69) is 32.6 Å². The molecule has 1 saturated carbocycles. The fourth-order valence-corrected chi connectivity index (χ4v) is 4.05. The van der Waals surface area contributed by atoms with Crippen LogP contribution in [0.25, 0.3) is 0 Å². The SMILES string of the molecule is CC(C)C1CCCN(CC2CCC(C)(C)C2O)CC1. The Morgan fingerprint density at radius 3 is 2.47 bits per heavy atom. The van der Waals surface area contributed by atoms with E-state index >= 15 is 0 Å². The molecule has 1 saturated heterocycles. The van der Waals surface area contributed by atoms with Gasteiger partial charge in [-0.3, -0.25) is 0 Å². The van der Waals surface area contributed by atoms with Crippen LogP contribution in [-0.2, 0) is 0 Å². The molecule has 2 rings (SSSR count). The van der Waals surface area contributed by atoms with E-state index in [1.54, 1.807) is 0 Å². The second-order valence-electron chi connectivity index (χ2n) is 7.97. The van der Waals surface area contributed by atoms with E-state index in [-0.39, 0.29) is 11.5 Å². The molecule has 2 aliphatic rings. The Labute approximate surface area is 119 Å². The van der Waals surface area contributed by atoms with Gasteiger partial charge in [0.1, 0.15) is 0 Å². The van der Waals surface area contributed by atoms with Gasteiger partial charge >= 0.3 is 0 Å². The van der Waals surface area contributed by atoms with Gasteiger partial charge in [0.05, 0.1) is 6.10 Å². The molecule has 0 aromatic rings. The lowest BCUT2D eigenvalue weighted by atomic mass is 9.87. The minimum Gasteiger partial charge on any atom is -0.392 e. The zero-order valence-electron chi connectivity index (χ0n) is 13.4. The van der Waals surface area contributed by atoms with E-state index in [0.29, 0.717) is 5.92 Å². The van der Waals surface area contributed by atoms with Crippen LogP contribution in [-0.4, -0.2) is 35.7 Å². The first-order valence-corrected chi connectivity index (χ1v) is 8.30. The van der Waals surface area contributed by atoms with Crippen molar-refractivity contribution in [2.45, 2.75) is 65.9 Å². The minimum absolute atomic E-state index is 0.100. The monoisotopic (exact) mass is 267 g/mol. The number of nitrogens with zero attached hydrogens (tertiary/aromatic N) is 1. The summed E-state index contributed by atoms with van der Waals surface area (Å²) in [6.07, 6.45) is 6.38. The lowest BCUT2D eigenvalue weighted by molar-refractivity contribution is 0.0328. The Morgan fingerprint density at radius 1 is 1.16 bits per heavy atom. The second kappa shape index (κ2) is 6.13. The van der Waals surface area contributed by atoms with Crippen LogP contribution in [0.5, 0.6) is 0 Å². The highest BCUT2D eigenvalue weighted by molar-refractivity contribution is 4.92. The number of hydrogen-bond donors (Lipinski definition) is 1. The normalized spacial score (nSPS) is 36.6. The molecule has 2 heteroatoms. The molecule has 2 fully saturated rings. The molecule has 1 aliphatic carbocycles. The fraction of sp³-hybridized carbons (Fsp3) is 1.00. The zero-order valence-corrected chi connectivity index (χ0v) is 13.4. The van der Waals surface area contributed by atoms with Crippen LogP contribution in [0.15, 0.2) is 0 Å². The number of hydrogen-bond acceptors (Lipinski definition) is 2. The number of aliphatic hydroxyl groups is 1. The van der Waals surface area contributed by atoms with Crippen molar-refractivity contribution in [1.82, 2.24) is 4.90 Å². The van der Waals surface area contributed by atoms with Crippen molar-refractivity contribution in [2.24, 2.45) is 23.2 Å². The molecule has 1 heterocycles. The highest BCUT2D eigenvalue weighted by Crippen LogP contribution is 2.41. The Morgan fingerprint density at radius 2 is 1.89 bits per heavy atom. The number of likely N-dealkylation sites (tertiary alicyclic amines) is 1. The number of rotatable bonds is 3. The lowest BCUT2D eigenvalue weighted by Crippen LogP contribution is -2.37. The van der Waals surface area contributed by atoms with E-state index in [0.717, 1.165) is 18.4 Å². The summed E-state index contributed by atoms with van der Waals surface area (Å²) in [5, 5.41) is 10.4. The predicted molar refractivity (Wildman–Crippen MR) is 81.1 cm³/mol. The molecule has 112 valence electrons. The van der Waals surface area contributed by atoms with E-state index in [1.807, 2.05) is 0 Å². The van der Waals surface area contributed by atoms with Crippen molar-refractivity contribution in [1.29, 1.82) is 0 Å². The lowest BCUT2D eigenvalue weighted by Gasteiger charge is -2.29. The first-order chi connectivity index (χ1) is 8.90. The van der Waals surface area contributed by atoms with Gasteiger partial charge in [0.15, 0.2) is 0 Å². The summed E-state index contributed by atoms with van der Waals surface area (Å²) in [7, 11) is 0. The van der Waals surface area contributed by atoms with Gasteiger partial charge in [-0.15, -0.1) is 0 Å². The van der Waals surface area contributed by atoms with Gasteiger partial charge in [0.25, 0.3) is 0 Å². The summed E-state index contributed by atoms with van der Waals surface area (Å²) < 4.78 is 0. The van der Waals surface area contributed by atoms with Crippen LogP contribution in [0.4, 0.5) is 0 Å². The molecule has 0 amide bonds. The molecule has 19 heavy (non-hydrogen) atoms. The van der Waals surface area contributed by atoms with Crippen molar-refractivity contribution < 1.29 is 5.11 Å². The van der Waals surface area contributed by atoms with Gasteiger partial charge in [-0.1, -0.05) is 27.7 Å². The molecule has 0 radical (unpaired) electrons. The summed E-state index contributed by atoms with van der Waals surface area (Å²) in [6.45, 7) is 12.8. The van der Waals surface area contributed by atoms with E-state index in [4.69, 9.17) is 0 Å². The Kier molecular flexibility index (Phi) is 4.94. The summed E-state index contributed by atoms with van der Waals surface area (Å²) in [4.78, 5) is 2.62. The average molecular weight is 267 g/mol. The van der Waals surface area contributed by atoms with Gasteiger partial charge < -0.3 is 10.0 Å². The fourth-order valence-electron chi connectivity index (χ4n) is 4.05. The summed E-state index contributed by atoms with van der Waals surface area (Å²) in [5.41, 5.74) is 0.136. The van der Waals surface area contributed by atoms with E-state index < -0.39 is 0 Å². The molecule has 2 nitrogen and oxygen atoms in total. The first-order valence-electron chi connectivity index (χ1n) is 8.30. The molecular weight excluding hydrogens is 234 g/mol. The van der Waals surface area contributed by atoms with Crippen molar-refractivity contribution >= 4 is 0 Å². The van der Waals surface area contributed by atoms with Gasteiger partial charge in [-0.25, -0.2) is 0 Å². The maximum Gasteiger partial charge on any atom is 0.0631 e. The molecule has 0 bridgehead atoms. The van der Waals surface area contributed by atoms with Crippen LogP contribution in [0.3, 0.4) is 0 Å². The van der Waals surface area contributed by atoms with Crippen molar-refractivity contribution in [3.05, 3.63) is 0 Å². The predicted octanol–water partition coefficient (Wildman–Crippen LogP) is 3.54. The smallest absolute Gasteiger partial charge is 0.0631 e. The van der Waals surface area contributed by atoms with Crippen LogP contribution in [0.2, 0.25) is 0 Å². The summed E-state index contributed by atoms with van der Waals surface area (Å²) in [5.74, 6) is 2.25. The highest BCUT2D eigenvalue weighted by atomic mass is 16.3. The van der Waals surface area contributed by atoms with Gasteiger partial charge in [-0.2, -0.15) is 0 Å². The molecule has 3 unspecified atom stereocenters. The quantitative estimate of drug-likeness (QED) is 0.845. The van der Waals surface area contributed by atoms with Gasteiger partial charge in [-0.05, 0) is 68.4 Å². The zero-order chi connectivity index (χ0) is 14.0. The second-order valence-corrected chi connectivity index (χ2v) is 7.97. The molecule has 1 N–H and O–H groups in total. The Bertz CT molecular complexity index is 287. The topological polar surface area (TPSA) is 23.5 Å². The maximum atomic E-state index is 10.4. The maximum absolute atomic E-state index is 10.4. The number of aliphatic hydroxyl groups excluding tert-OH is 1. The molecule has 3 atom stereocenters. The molecule has 0 aromatic carbocycles. The Hall–Kier alpha value is -0.0800. The third-order valence-electron chi connectivity index (χ3n) is 5.71. The van der Waals surface area contributed by atoms with Crippen LogP contribution in [0, 0.1) is 23.2 Å². The van der Waals surface area contributed by atoms with Crippen LogP contribution >= 0.6 is 0 Å². The largest absolute Gasteiger partial charge is 0.392 e. The summed E-state index contributed by atoms with van der Waals surface area (Å²) in [6, 6.07) is 0. The van der Waals surface area contributed by atoms with Gasteiger partial charge in [0, 0.05) is 6.54 Å². The third kappa shape index (κ3) is 3.72. The molecule has 0 spiro atoms. The molecular formula is C17H33NO. The van der Waals surface area contributed by atoms with Crippen LogP contribution in [0.1, 0.15) is 59.8 Å². The van der Waals surface area contributed by atoms with Crippen molar-refractivity contribution in [2.75, 3.05) is 19.6 Å². The third-order valence-corrected chi connectivity index (χ3v) is 5.71. The van der Waals surface area contributed by atoms with E-state index in [9.17, 15) is 5.11 Å². The summed E-state index contributed by atoms with van der Waals surface area (Å²) >= 11 is 0.